The monoisotopic (exact) mass is 126 g/mol. The number of hydrogen-bond donors (Lipinski definition) is 1. The molecule has 1 aliphatic heterocycles. The first-order valence-electron chi connectivity index (χ1n) is 3.45. The molecule has 2 nitrogen and oxygen atoms in total. The molecule has 0 aromatic rings. The number of nitrogens with zero attached hydrogens (tertiary/aromatic N) is 1. The molecular weight excluding hydrogens is 112 g/mol. The van der Waals surface area contributed by atoms with Crippen LogP contribution in [0.1, 0.15) is 6.92 Å². The highest BCUT2D eigenvalue weighted by Gasteiger charge is 2.17. The summed E-state index contributed by atoms with van der Waals surface area (Å²) in [6.07, 6.45) is 2.24. The zero-order chi connectivity index (χ0) is 6.69. The highest BCUT2D eigenvalue weighted by Crippen LogP contribution is 2.16. The Labute approximate surface area is 56.5 Å². The zero-order valence-corrected chi connectivity index (χ0v) is 6.15. The van der Waals surface area contributed by atoms with Gasteiger partial charge in [-0.25, -0.2) is 0 Å². The lowest BCUT2D eigenvalue weighted by Crippen LogP contribution is -2.11. The molecule has 0 aromatic heterocycles. The van der Waals surface area contributed by atoms with Crippen LogP contribution >= 0.6 is 0 Å². The van der Waals surface area contributed by atoms with Gasteiger partial charge in [0, 0.05) is 19.3 Å². The van der Waals surface area contributed by atoms with E-state index in [0.717, 1.165) is 13.1 Å². The Hall–Kier alpha value is -0.500. The van der Waals surface area contributed by atoms with Crippen LogP contribution < -0.4 is 5.32 Å². The lowest BCUT2D eigenvalue weighted by molar-refractivity contribution is 0.722. The summed E-state index contributed by atoms with van der Waals surface area (Å²) in [7, 11) is 2.11. The fourth-order valence-electron chi connectivity index (χ4n) is 0.762. The molecule has 1 N–H and O–H groups in total. The third-order valence-electron chi connectivity index (χ3n) is 1.52. The Morgan fingerprint density at radius 2 is 2.44 bits per heavy atom. The van der Waals surface area contributed by atoms with Crippen LogP contribution in [-0.4, -0.2) is 31.6 Å². The number of nitrogens with one attached hydrogen (secondary N) is 1. The minimum Gasteiger partial charge on any atom is -0.371 e. The predicted octanol–water partition coefficient (Wildman–Crippen LogP) is 0.425. The standard InChI is InChI=1S/C7H14N2/c1-3-8-5-4-7-6-9(7)2/h4,8H,3,5-6H2,1-2H3. The van der Waals surface area contributed by atoms with E-state index in [1.54, 1.807) is 0 Å². The summed E-state index contributed by atoms with van der Waals surface area (Å²) in [6.45, 7) is 5.38. The second-order valence-electron chi connectivity index (χ2n) is 2.36. The van der Waals surface area contributed by atoms with E-state index in [9.17, 15) is 0 Å². The molecule has 0 spiro atoms. The van der Waals surface area contributed by atoms with Gasteiger partial charge in [0.1, 0.15) is 0 Å². The van der Waals surface area contributed by atoms with Crippen molar-refractivity contribution in [2.24, 2.45) is 0 Å². The molecule has 0 aliphatic carbocycles. The van der Waals surface area contributed by atoms with Gasteiger partial charge in [-0.15, -0.1) is 0 Å². The summed E-state index contributed by atoms with van der Waals surface area (Å²) in [5.74, 6) is 0. The maximum Gasteiger partial charge on any atom is 0.0570 e. The molecule has 0 aromatic carbocycles. The molecule has 0 saturated carbocycles. The Morgan fingerprint density at radius 3 is 2.89 bits per heavy atom. The van der Waals surface area contributed by atoms with Gasteiger partial charge in [-0.2, -0.15) is 0 Å². The summed E-state index contributed by atoms with van der Waals surface area (Å²) in [4.78, 5) is 2.23. The van der Waals surface area contributed by atoms with E-state index in [0.29, 0.717) is 0 Å². The van der Waals surface area contributed by atoms with Crippen molar-refractivity contribution in [2.75, 3.05) is 26.7 Å². The highest BCUT2D eigenvalue weighted by molar-refractivity contribution is 5.17. The Bertz CT molecular complexity index is 118. The van der Waals surface area contributed by atoms with Gasteiger partial charge in [-0.1, -0.05) is 6.92 Å². The molecule has 2 heteroatoms. The van der Waals surface area contributed by atoms with Gasteiger partial charge in [0.25, 0.3) is 0 Å². The third-order valence-corrected chi connectivity index (χ3v) is 1.52. The molecule has 0 atom stereocenters. The molecule has 1 saturated heterocycles. The number of rotatable bonds is 3. The first-order chi connectivity index (χ1) is 4.34. The predicted molar refractivity (Wildman–Crippen MR) is 39.3 cm³/mol. The average Bonchev–Trinajstić information content (AvgIpc) is 2.48. The molecule has 0 amide bonds. The fraction of sp³-hybridized carbons (Fsp3) is 0.714. The van der Waals surface area contributed by atoms with Crippen molar-refractivity contribution in [2.45, 2.75) is 6.92 Å². The third kappa shape index (κ3) is 2.06. The average molecular weight is 126 g/mol. The Balaban J connectivity index is 2.04. The SMILES string of the molecule is CCNCC=C1CN1C. The molecule has 0 bridgehead atoms. The van der Waals surface area contributed by atoms with Crippen molar-refractivity contribution >= 4 is 0 Å². The maximum atomic E-state index is 3.24. The van der Waals surface area contributed by atoms with Crippen LogP contribution in [0, 0.1) is 0 Å². The molecule has 1 rings (SSSR count). The molecule has 1 aliphatic rings. The molecule has 1 heterocycles. The van der Waals surface area contributed by atoms with E-state index in [2.05, 4.69) is 30.3 Å². The van der Waals surface area contributed by atoms with Gasteiger partial charge >= 0.3 is 0 Å². The normalized spacial score (nSPS) is 21.1. The number of likely N-dealkylation sites (N-methyl/N-ethyl adjacent to an activating group) is 2. The van der Waals surface area contributed by atoms with Crippen LogP contribution in [0.5, 0.6) is 0 Å². The van der Waals surface area contributed by atoms with Gasteiger partial charge in [-0.3, -0.25) is 0 Å². The van der Waals surface area contributed by atoms with Gasteiger partial charge in [0.05, 0.1) is 6.54 Å². The second-order valence-corrected chi connectivity index (χ2v) is 2.36. The van der Waals surface area contributed by atoms with E-state index in [-0.39, 0.29) is 0 Å². The van der Waals surface area contributed by atoms with Crippen LogP contribution in [-0.2, 0) is 0 Å². The van der Waals surface area contributed by atoms with Crippen LogP contribution in [0.15, 0.2) is 11.8 Å². The van der Waals surface area contributed by atoms with Crippen LogP contribution in [0.3, 0.4) is 0 Å². The fourth-order valence-corrected chi connectivity index (χ4v) is 0.762. The van der Waals surface area contributed by atoms with Gasteiger partial charge < -0.3 is 10.2 Å². The van der Waals surface area contributed by atoms with Crippen molar-refractivity contribution in [3.63, 3.8) is 0 Å². The van der Waals surface area contributed by atoms with Gasteiger partial charge in [-0.05, 0) is 12.6 Å². The second kappa shape index (κ2) is 2.87. The van der Waals surface area contributed by atoms with Gasteiger partial charge in [0.15, 0.2) is 0 Å². The van der Waals surface area contributed by atoms with Crippen molar-refractivity contribution < 1.29 is 0 Å². The number of hydrogen-bond acceptors (Lipinski definition) is 2. The molecule has 0 unspecified atom stereocenters. The summed E-state index contributed by atoms with van der Waals surface area (Å²) < 4.78 is 0. The minimum atomic E-state index is 1.02. The largest absolute Gasteiger partial charge is 0.371 e. The summed E-state index contributed by atoms with van der Waals surface area (Å²) in [5.41, 5.74) is 1.47. The van der Waals surface area contributed by atoms with E-state index < -0.39 is 0 Å². The molecule has 1 fully saturated rings. The van der Waals surface area contributed by atoms with E-state index >= 15 is 0 Å². The first kappa shape index (κ1) is 6.62. The topological polar surface area (TPSA) is 15.0 Å². The quantitative estimate of drug-likeness (QED) is 0.435. The Morgan fingerprint density at radius 1 is 1.78 bits per heavy atom. The lowest BCUT2D eigenvalue weighted by atomic mass is 10.5. The maximum absolute atomic E-state index is 3.24. The van der Waals surface area contributed by atoms with Crippen molar-refractivity contribution in [1.29, 1.82) is 0 Å². The van der Waals surface area contributed by atoms with Gasteiger partial charge in [0.2, 0.25) is 0 Å². The summed E-state index contributed by atoms with van der Waals surface area (Å²) in [6, 6.07) is 0. The molecule has 9 heavy (non-hydrogen) atoms. The summed E-state index contributed by atoms with van der Waals surface area (Å²) >= 11 is 0. The van der Waals surface area contributed by atoms with E-state index in [1.165, 1.54) is 12.2 Å². The smallest absolute Gasteiger partial charge is 0.0570 e. The first-order valence-corrected chi connectivity index (χ1v) is 3.45. The van der Waals surface area contributed by atoms with Crippen LogP contribution in [0.4, 0.5) is 0 Å². The molecule has 0 radical (unpaired) electrons. The zero-order valence-electron chi connectivity index (χ0n) is 6.15. The Kier molecular flexibility index (Phi) is 2.11. The van der Waals surface area contributed by atoms with Crippen LogP contribution in [0.2, 0.25) is 0 Å². The molecule has 52 valence electrons. The van der Waals surface area contributed by atoms with Crippen LogP contribution in [0.25, 0.3) is 0 Å². The van der Waals surface area contributed by atoms with Crippen molar-refractivity contribution in [3.8, 4) is 0 Å². The van der Waals surface area contributed by atoms with E-state index in [1.807, 2.05) is 0 Å². The van der Waals surface area contributed by atoms with Crippen molar-refractivity contribution in [3.05, 3.63) is 11.8 Å². The van der Waals surface area contributed by atoms with Crippen molar-refractivity contribution in [1.82, 2.24) is 10.2 Å². The minimum absolute atomic E-state index is 1.02. The molecular formula is C7H14N2. The highest BCUT2D eigenvalue weighted by atomic mass is 15.2. The lowest BCUT2D eigenvalue weighted by Gasteiger charge is -1.90. The van der Waals surface area contributed by atoms with E-state index in [4.69, 9.17) is 0 Å². The summed E-state index contributed by atoms with van der Waals surface area (Å²) in [5, 5.41) is 3.24.